The van der Waals surface area contributed by atoms with E-state index in [-0.39, 0.29) is 5.69 Å². The van der Waals surface area contributed by atoms with Crippen LogP contribution in [0.15, 0.2) is 0 Å². The minimum absolute atomic E-state index is 0.251. The maximum atomic E-state index is 11.1. The smallest absolute Gasteiger partial charge is 0.356 e. The van der Waals surface area contributed by atoms with Crippen molar-refractivity contribution in [3.8, 4) is 0 Å². The second-order valence-corrected chi connectivity index (χ2v) is 5.22. The van der Waals surface area contributed by atoms with Crippen molar-refractivity contribution in [2.24, 2.45) is 5.41 Å². The summed E-state index contributed by atoms with van der Waals surface area (Å²) in [5, 5.41) is 15.9. The Bertz CT molecular complexity index is 430. The summed E-state index contributed by atoms with van der Waals surface area (Å²) >= 11 is 0. The first-order valence-corrected chi connectivity index (χ1v) is 6.00. The molecule has 0 aromatic carbocycles. The van der Waals surface area contributed by atoms with Gasteiger partial charge in [0.25, 0.3) is 0 Å². The van der Waals surface area contributed by atoms with Crippen LogP contribution in [0.5, 0.6) is 0 Å². The molecule has 1 aromatic rings. The normalized spacial score (nSPS) is 22.2. The highest BCUT2D eigenvalue weighted by Crippen LogP contribution is 2.47. The monoisotopic (exact) mass is 220 g/mol. The number of aromatic nitrogens is 2. The molecule has 0 amide bonds. The lowest BCUT2D eigenvalue weighted by Crippen LogP contribution is -2.26. The number of H-pyrrole nitrogens is 1. The predicted octanol–water partition coefficient (Wildman–Crippen LogP) is 2.16. The average molecular weight is 220 g/mol. The van der Waals surface area contributed by atoms with Gasteiger partial charge in [-0.25, -0.2) is 4.79 Å². The van der Waals surface area contributed by atoms with Gasteiger partial charge in [0, 0.05) is 11.3 Å². The number of aromatic amines is 1. The molecule has 2 aliphatic carbocycles. The highest BCUT2D eigenvalue weighted by atomic mass is 16.4. The number of rotatable bonds is 1. The number of fused-ring (bicyclic) bond motifs is 1. The molecule has 3 rings (SSSR count). The standard InChI is InChI=1S/C12H16N2O2/c15-11(16)10-8-7-12(4-1-2-5-12)6-3-9(8)13-14-10/h1-7H2,(H,13,14)(H,15,16). The second kappa shape index (κ2) is 3.34. The van der Waals surface area contributed by atoms with E-state index in [0.717, 1.165) is 24.1 Å². The lowest BCUT2D eigenvalue weighted by molar-refractivity contribution is 0.0688. The van der Waals surface area contributed by atoms with Gasteiger partial charge in [-0.15, -0.1) is 0 Å². The van der Waals surface area contributed by atoms with E-state index in [9.17, 15) is 4.79 Å². The summed E-state index contributed by atoms with van der Waals surface area (Å²) < 4.78 is 0. The Morgan fingerprint density at radius 1 is 1.31 bits per heavy atom. The highest BCUT2D eigenvalue weighted by molar-refractivity contribution is 5.87. The van der Waals surface area contributed by atoms with E-state index in [4.69, 9.17) is 5.11 Å². The number of carboxylic acid groups (broad SMARTS) is 1. The summed E-state index contributed by atoms with van der Waals surface area (Å²) in [6, 6.07) is 0. The molecule has 2 N–H and O–H groups in total. The van der Waals surface area contributed by atoms with Crippen LogP contribution >= 0.6 is 0 Å². The van der Waals surface area contributed by atoms with Crippen LogP contribution in [0, 0.1) is 5.41 Å². The third-order valence-electron chi connectivity index (χ3n) is 4.28. The molecule has 86 valence electrons. The van der Waals surface area contributed by atoms with E-state index in [1.165, 1.54) is 32.1 Å². The zero-order chi connectivity index (χ0) is 11.2. The Morgan fingerprint density at radius 2 is 2.06 bits per heavy atom. The Labute approximate surface area is 94.1 Å². The third kappa shape index (κ3) is 1.36. The molecule has 0 unspecified atom stereocenters. The SMILES string of the molecule is O=C(O)c1n[nH]c2c1CC1(CCCC1)CC2. The predicted molar refractivity (Wildman–Crippen MR) is 58.5 cm³/mol. The van der Waals surface area contributed by atoms with Gasteiger partial charge in [-0.3, -0.25) is 5.10 Å². The Balaban J connectivity index is 1.97. The van der Waals surface area contributed by atoms with Gasteiger partial charge in [-0.2, -0.15) is 5.10 Å². The number of nitrogens with zero attached hydrogens (tertiary/aromatic N) is 1. The number of carboxylic acids is 1. The highest BCUT2D eigenvalue weighted by Gasteiger charge is 2.39. The van der Waals surface area contributed by atoms with Gasteiger partial charge in [0.15, 0.2) is 5.69 Å². The van der Waals surface area contributed by atoms with Crippen molar-refractivity contribution < 1.29 is 9.90 Å². The molecule has 2 aliphatic rings. The van der Waals surface area contributed by atoms with Crippen molar-refractivity contribution in [3.63, 3.8) is 0 Å². The van der Waals surface area contributed by atoms with E-state index in [1.807, 2.05) is 0 Å². The Hall–Kier alpha value is -1.32. The van der Waals surface area contributed by atoms with Crippen molar-refractivity contribution in [2.45, 2.75) is 44.9 Å². The number of hydrogen-bond acceptors (Lipinski definition) is 2. The number of carbonyl (C=O) groups is 1. The van der Waals surface area contributed by atoms with Crippen LogP contribution in [0.4, 0.5) is 0 Å². The molecule has 0 bridgehead atoms. The molecule has 1 saturated carbocycles. The molecule has 16 heavy (non-hydrogen) atoms. The van der Waals surface area contributed by atoms with Crippen molar-refractivity contribution in [1.29, 1.82) is 0 Å². The molecule has 1 heterocycles. The molecule has 4 nitrogen and oxygen atoms in total. The second-order valence-electron chi connectivity index (χ2n) is 5.22. The number of nitrogens with one attached hydrogen (secondary N) is 1. The van der Waals surface area contributed by atoms with Gasteiger partial charge in [0.1, 0.15) is 0 Å². The largest absolute Gasteiger partial charge is 0.476 e. The number of hydrogen-bond donors (Lipinski definition) is 2. The summed E-state index contributed by atoms with van der Waals surface area (Å²) in [7, 11) is 0. The Kier molecular flexibility index (Phi) is 2.06. The van der Waals surface area contributed by atoms with E-state index in [1.54, 1.807) is 0 Å². The van der Waals surface area contributed by atoms with Crippen LogP contribution in [-0.2, 0) is 12.8 Å². The molecule has 1 spiro atoms. The third-order valence-corrected chi connectivity index (χ3v) is 4.28. The van der Waals surface area contributed by atoms with Crippen LogP contribution < -0.4 is 0 Å². The van der Waals surface area contributed by atoms with E-state index in [2.05, 4.69) is 10.2 Å². The van der Waals surface area contributed by atoms with Gasteiger partial charge in [-0.05, 0) is 37.5 Å². The van der Waals surface area contributed by atoms with Crippen LogP contribution in [0.1, 0.15) is 53.8 Å². The van der Waals surface area contributed by atoms with Gasteiger partial charge in [-0.1, -0.05) is 12.8 Å². The zero-order valence-corrected chi connectivity index (χ0v) is 9.25. The molecule has 0 aliphatic heterocycles. The quantitative estimate of drug-likeness (QED) is 0.762. The lowest BCUT2D eigenvalue weighted by atomic mass is 9.71. The molecule has 1 fully saturated rings. The zero-order valence-electron chi connectivity index (χ0n) is 9.25. The first-order valence-electron chi connectivity index (χ1n) is 6.00. The minimum Gasteiger partial charge on any atom is -0.476 e. The van der Waals surface area contributed by atoms with Crippen molar-refractivity contribution in [1.82, 2.24) is 10.2 Å². The minimum atomic E-state index is -0.896. The lowest BCUT2D eigenvalue weighted by Gasteiger charge is -2.33. The van der Waals surface area contributed by atoms with Crippen molar-refractivity contribution in [3.05, 3.63) is 17.0 Å². The van der Waals surface area contributed by atoms with Gasteiger partial charge >= 0.3 is 5.97 Å². The molecule has 0 saturated heterocycles. The van der Waals surface area contributed by atoms with E-state index >= 15 is 0 Å². The molecular formula is C12H16N2O2. The summed E-state index contributed by atoms with van der Waals surface area (Å²) in [6.07, 6.45) is 8.20. The van der Waals surface area contributed by atoms with E-state index in [0.29, 0.717) is 5.41 Å². The van der Waals surface area contributed by atoms with E-state index < -0.39 is 5.97 Å². The summed E-state index contributed by atoms with van der Waals surface area (Å²) in [4.78, 5) is 11.1. The molecule has 0 atom stereocenters. The van der Waals surface area contributed by atoms with Crippen LogP contribution in [0.2, 0.25) is 0 Å². The van der Waals surface area contributed by atoms with Crippen molar-refractivity contribution in [2.75, 3.05) is 0 Å². The van der Waals surface area contributed by atoms with Crippen LogP contribution in [0.25, 0.3) is 0 Å². The molecule has 4 heteroatoms. The van der Waals surface area contributed by atoms with Crippen LogP contribution in [-0.4, -0.2) is 21.3 Å². The molecular weight excluding hydrogens is 204 g/mol. The molecule has 1 aromatic heterocycles. The summed E-state index contributed by atoms with van der Waals surface area (Å²) in [5.74, 6) is -0.896. The summed E-state index contributed by atoms with van der Waals surface area (Å²) in [6.45, 7) is 0. The first-order chi connectivity index (χ1) is 7.70. The van der Waals surface area contributed by atoms with Gasteiger partial charge in [0.05, 0.1) is 0 Å². The topological polar surface area (TPSA) is 66.0 Å². The first kappa shape index (κ1) is 9.87. The molecule has 0 radical (unpaired) electrons. The Morgan fingerprint density at radius 3 is 2.75 bits per heavy atom. The number of aryl methyl sites for hydroxylation is 1. The van der Waals surface area contributed by atoms with Crippen molar-refractivity contribution >= 4 is 5.97 Å². The fourth-order valence-corrected chi connectivity index (χ4v) is 3.38. The van der Waals surface area contributed by atoms with Gasteiger partial charge in [0.2, 0.25) is 0 Å². The fraction of sp³-hybridized carbons (Fsp3) is 0.667. The fourth-order valence-electron chi connectivity index (χ4n) is 3.38. The van der Waals surface area contributed by atoms with Gasteiger partial charge < -0.3 is 5.11 Å². The van der Waals surface area contributed by atoms with Crippen LogP contribution in [0.3, 0.4) is 0 Å². The maximum absolute atomic E-state index is 11.1. The number of aromatic carboxylic acids is 1. The average Bonchev–Trinajstić information content (AvgIpc) is 2.85. The maximum Gasteiger partial charge on any atom is 0.356 e. The summed E-state index contributed by atoms with van der Waals surface area (Å²) in [5.41, 5.74) is 2.66.